The lowest BCUT2D eigenvalue weighted by atomic mass is 9.98. The minimum Gasteiger partial charge on any atom is -0.394 e. The molecule has 11 N–H and O–H groups in total. The second-order valence-corrected chi connectivity index (χ2v) is 10.3. The number of hydrogen-bond donors (Lipinski definition) is 10. The number of hydrogen-bond acceptors (Lipinski definition) is 12. The highest BCUT2D eigenvalue weighted by Gasteiger charge is 2.26. The van der Waals surface area contributed by atoms with E-state index in [-0.39, 0.29) is 38.4 Å². The Balaban J connectivity index is 0. The predicted octanol–water partition coefficient (Wildman–Crippen LogP) is -1.71. The number of ether oxygens (including phenoxy) is 1. The summed E-state index contributed by atoms with van der Waals surface area (Å²) in [6.07, 6.45) is -1.94. The van der Waals surface area contributed by atoms with E-state index >= 15 is 0 Å². The van der Waals surface area contributed by atoms with Crippen LogP contribution in [-0.4, -0.2) is 140 Å². The van der Waals surface area contributed by atoms with E-state index in [1.807, 2.05) is 45.7 Å². The highest BCUT2D eigenvalue weighted by Crippen LogP contribution is 2.17. The number of likely N-dealkylation sites (N-methyl/N-ethyl adjacent to an activating group) is 1. The Labute approximate surface area is 228 Å². The zero-order chi connectivity index (χ0) is 29.8. The van der Waals surface area contributed by atoms with Gasteiger partial charge in [-0.2, -0.15) is 0 Å². The van der Waals surface area contributed by atoms with Gasteiger partial charge in [0.1, 0.15) is 0 Å². The highest BCUT2D eigenvalue weighted by atomic mass is 16.6. The maximum Gasteiger partial charge on any atom is 0.157 e. The molecule has 0 saturated carbocycles. The number of rotatable bonds is 14. The van der Waals surface area contributed by atoms with Crippen LogP contribution in [0.25, 0.3) is 0 Å². The molecule has 1 aliphatic heterocycles. The van der Waals surface area contributed by atoms with Gasteiger partial charge in [0.2, 0.25) is 0 Å². The molecule has 38 heavy (non-hydrogen) atoms. The maximum atomic E-state index is 9.70. The Morgan fingerprint density at radius 1 is 0.974 bits per heavy atom. The van der Waals surface area contributed by atoms with Crippen LogP contribution in [0, 0.1) is 5.92 Å². The molecule has 0 aliphatic carbocycles. The van der Waals surface area contributed by atoms with Gasteiger partial charge in [-0.25, -0.2) is 0 Å². The van der Waals surface area contributed by atoms with Gasteiger partial charge in [-0.15, -0.1) is 0 Å². The van der Waals surface area contributed by atoms with Crippen LogP contribution in [0.15, 0.2) is 11.6 Å². The minimum absolute atomic E-state index is 0.0867. The highest BCUT2D eigenvalue weighted by molar-refractivity contribution is 4.97. The Kier molecular flexibility index (Phi) is 23.9. The van der Waals surface area contributed by atoms with Gasteiger partial charge in [0.25, 0.3) is 0 Å². The molecule has 0 radical (unpaired) electrons. The SMILES string of the molecule is CC(C)C(O)C[C@H](O)C(O)CN(C)CCN.CC=C(C)C[C@@H](O)C[C@H](O)CO.OC[C@@H]1CC(O)C[C@H](O)O1. The predicted molar refractivity (Wildman–Crippen MR) is 145 cm³/mol. The summed E-state index contributed by atoms with van der Waals surface area (Å²) in [4.78, 5) is 1.86. The molecular formula is C26H56N2O10. The molecule has 0 bridgehead atoms. The topological polar surface area (TPSA) is 221 Å². The summed E-state index contributed by atoms with van der Waals surface area (Å²) in [7, 11) is 1.83. The third-order valence-corrected chi connectivity index (χ3v) is 6.07. The molecule has 1 fully saturated rings. The van der Waals surface area contributed by atoms with Crippen molar-refractivity contribution < 1.29 is 50.7 Å². The van der Waals surface area contributed by atoms with E-state index in [0.717, 1.165) is 5.57 Å². The van der Waals surface area contributed by atoms with E-state index in [9.17, 15) is 20.4 Å². The van der Waals surface area contributed by atoms with Crippen LogP contribution >= 0.6 is 0 Å². The summed E-state index contributed by atoms with van der Waals surface area (Å²) in [5.74, 6) is 0.0867. The first-order valence-electron chi connectivity index (χ1n) is 13.3. The van der Waals surface area contributed by atoms with Crippen LogP contribution in [0.3, 0.4) is 0 Å². The first-order valence-corrected chi connectivity index (χ1v) is 13.3. The molecule has 1 saturated heterocycles. The number of allylic oxidation sites excluding steroid dienone is 1. The van der Waals surface area contributed by atoms with Crippen molar-refractivity contribution in [3.8, 4) is 0 Å². The Morgan fingerprint density at radius 3 is 2.03 bits per heavy atom. The Bertz CT molecular complexity index is 574. The van der Waals surface area contributed by atoms with Crippen molar-refractivity contribution in [3.05, 3.63) is 11.6 Å². The van der Waals surface area contributed by atoms with E-state index in [0.29, 0.717) is 32.5 Å². The molecule has 12 nitrogen and oxygen atoms in total. The van der Waals surface area contributed by atoms with Gasteiger partial charge in [-0.3, -0.25) is 0 Å². The summed E-state index contributed by atoms with van der Waals surface area (Å²) in [5, 5.41) is 82.3. The molecule has 1 aliphatic rings. The number of aliphatic hydroxyl groups is 9. The molecule has 230 valence electrons. The van der Waals surface area contributed by atoms with Crippen molar-refractivity contribution in [2.45, 2.75) is 109 Å². The van der Waals surface area contributed by atoms with Crippen LogP contribution in [0.2, 0.25) is 0 Å². The molecule has 1 rings (SSSR count). The second kappa shape index (κ2) is 23.0. The van der Waals surface area contributed by atoms with E-state index in [4.69, 9.17) is 36.0 Å². The fourth-order valence-electron chi connectivity index (χ4n) is 3.47. The summed E-state index contributed by atoms with van der Waals surface area (Å²) in [6.45, 7) is 8.72. The normalized spacial score (nSPS) is 24.0. The minimum atomic E-state index is -0.916. The van der Waals surface area contributed by atoms with Crippen molar-refractivity contribution >= 4 is 0 Å². The summed E-state index contributed by atoms with van der Waals surface area (Å²) in [5.41, 5.74) is 6.47. The lowest BCUT2D eigenvalue weighted by molar-refractivity contribution is -0.197. The number of aliphatic hydroxyl groups excluding tert-OH is 9. The van der Waals surface area contributed by atoms with Crippen molar-refractivity contribution in [1.82, 2.24) is 4.90 Å². The van der Waals surface area contributed by atoms with Crippen LogP contribution in [0.1, 0.15) is 59.8 Å². The van der Waals surface area contributed by atoms with Crippen molar-refractivity contribution in [2.24, 2.45) is 11.7 Å². The van der Waals surface area contributed by atoms with E-state index in [1.54, 1.807) is 0 Å². The summed E-state index contributed by atoms with van der Waals surface area (Å²) in [6, 6.07) is 0. The largest absolute Gasteiger partial charge is 0.394 e. The lowest BCUT2D eigenvalue weighted by Gasteiger charge is -2.28. The fraction of sp³-hybridized carbons (Fsp3) is 0.923. The molecule has 8 atom stereocenters. The molecule has 12 heteroatoms. The van der Waals surface area contributed by atoms with E-state index in [2.05, 4.69) is 0 Å². The Hall–Kier alpha value is -0.740. The van der Waals surface area contributed by atoms with Crippen molar-refractivity contribution in [1.29, 1.82) is 0 Å². The smallest absolute Gasteiger partial charge is 0.157 e. The molecule has 0 aromatic carbocycles. The quantitative estimate of drug-likeness (QED) is 0.108. The van der Waals surface area contributed by atoms with E-state index in [1.165, 1.54) is 0 Å². The van der Waals surface area contributed by atoms with Crippen molar-refractivity contribution in [3.63, 3.8) is 0 Å². The van der Waals surface area contributed by atoms with Gasteiger partial charge in [0.05, 0.1) is 55.9 Å². The van der Waals surface area contributed by atoms with Gasteiger partial charge >= 0.3 is 0 Å². The van der Waals surface area contributed by atoms with Crippen LogP contribution in [-0.2, 0) is 4.74 Å². The molecule has 0 aromatic rings. The first kappa shape index (κ1) is 39.4. The first-order chi connectivity index (χ1) is 17.7. The molecule has 3 unspecified atom stereocenters. The van der Waals surface area contributed by atoms with Crippen LogP contribution < -0.4 is 5.73 Å². The summed E-state index contributed by atoms with van der Waals surface area (Å²) >= 11 is 0. The van der Waals surface area contributed by atoms with Gasteiger partial charge in [-0.1, -0.05) is 25.5 Å². The maximum absolute atomic E-state index is 9.70. The second-order valence-electron chi connectivity index (χ2n) is 10.3. The number of nitrogens with two attached hydrogens (primary N) is 1. The number of nitrogens with zero attached hydrogens (tertiary/aromatic N) is 1. The molecule has 1 heterocycles. The fourth-order valence-corrected chi connectivity index (χ4v) is 3.47. The van der Waals surface area contributed by atoms with Crippen LogP contribution in [0.4, 0.5) is 0 Å². The third kappa shape index (κ3) is 21.1. The summed E-state index contributed by atoms with van der Waals surface area (Å²) < 4.78 is 4.85. The van der Waals surface area contributed by atoms with Gasteiger partial charge in [-0.05, 0) is 33.2 Å². The van der Waals surface area contributed by atoms with E-state index < -0.39 is 49.0 Å². The molecule has 0 spiro atoms. The Morgan fingerprint density at radius 2 is 1.58 bits per heavy atom. The molecule has 0 amide bonds. The molecular weight excluding hydrogens is 500 g/mol. The molecule has 0 aromatic heterocycles. The van der Waals surface area contributed by atoms with Gasteiger partial charge in [0.15, 0.2) is 6.29 Å². The van der Waals surface area contributed by atoms with Gasteiger partial charge in [0, 0.05) is 45.3 Å². The van der Waals surface area contributed by atoms with Gasteiger partial charge < -0.3 is 61.3 Å². The average Bonchev–Trinajstić information content (AvgIpc) is 2.83. The lowest BCUT2D eigenvalue weighted by Crippen LogP contribution is -2.41. The zero-order valence-corrected chi connectivity index (χ0v) is 23.8. The van der Waals surface area contributed by atoms with Crippen molar-refractivity contribution in [2.75, 3.05) is 39.9 Å². The van der Waals surface area contributed by atoms with Crippen LogP contribution in [0.5, 0.6) is 0 Å². The monoisotopic (exact) mass is 556 g/mol. The third-order valence-electron chi connectivity index (χ3n) is 6.07. The average molecular weight is 557 g/mol. The standard InChI is InChI=1S/C11H26N2O3.C9H18O3.C6H12O4/c1-8(2)9(14)6-10(15)11(16)7-13(3)5-4-12;1-3-7(2)4-8(11)5-9(12)6-10;7-3-5-1-4(8)2-6(9)10-5/h8-11,14-16H,4-7,12H2,1-3H3;3,8-12H,4-6H2,1-2H3;4-9H,1-3H2/t9?,10-,11?;8-,9+;4?,5-,6+/m010/s1. The zero-order valence-electron chi connectivity index (χ0n) is 23.8.